The van der Waals surface area contributed by atoms with Gasteiger partial charge in [0, 0.05) is 58.5 Å². The molecule has 2 heterocycles. The van der Waals surface area contributed by atoms with Crippen LogP contribution in [0.25, 0.3) is 0 Å². The quantitative estimate of drug-likeness (QED) is 0.668. The first-order valence-electron chi connectivity index (χ1n) is 10.1. The Hall–Kier alpha value is -1.35. The van der Waals surface area contributed by atoms with E-state index in [1.165, 1.54) is 6.26 Å². The number of amides is 2. The highest BCUT2D eigenvalue weighted by Gasteiger charge is 2.29. The van der Waals surface area contributed by atoms with Gasteiger partial charge in [-0.2, -0.15) is 0 Å². The lowest BCUT2D eigenvalue weighted by Gasteiger charge is -2.36. The van der Waals surface area contributed by atoms with Crippen molar-refractivity contribution in [2.45, 2.75) is 45.6 Å². The van der Waals surface area contributed by atoms with Gasteiger partial charge in [-0.25, -0.2) is 13.2 Å². The molecule has 2 aliphatic rings. The standard InChI is InChI=1S/C19H35N3O5S/c1-19(2,3)27-18(24)22-7-5-16(6-8-22)15-17(23)21-11-9-20(10-12-21)13-14-28(4,25)26/h16H,5-15H2,1-4H3. The number of nitrogens with zero attached hydrogens (tertiary/aromatic N) is 3. The topological polar surface area (TPSA) is 87.2 Å². The molecule has 0 aromatic carbocycles. The van der Waals surface area contributed by atoms with Crippen molar-refractivity contribution in [3.05, 3.63) is 0 Å². The van der Waals surface area contributed by atoms with Crippen LogP contribution >= 0.6 is 0 Å². The highest BCUT2D eigenvalue weighted by atomic mass is 32.2. The third-order valence-corrected chi connectivity index (χ3v) is 6.16. The summed E-state index contributed by atoms with van der Waals surface area (Å²) in [5.74, 6) is 0.630. The number of sulfone groups is 1. The molecule has 0 spiro atoms. The molecule has 2 fully saturated rings. The van der Waals surface area contributed by atoms with E-state index in [2.05, 4.69) is 4.90 Å². The molecule has 162 valence electrons. The maximum Gasteiger partial charge on any atom is 0.410 e. The minimum absolute atomic E-state index is 0.164. The minimum Gasteiger partial charge on any atom is -0.444 e. The van der Waals surface area contributed by atoms with Gasteiger partial charge in [-0.3, -0.25) is 9.69 Å². The van der Waals surface area contributed by atoms with Crippen molar-refractivity contribution in [3.8, 4) is 0 Å². The fourth-order valence-electron chi connectivity index (χ4n) is 3.54. The fraction of sp³-hybridized carbons (Fsp3) is 0.895. The summed E-state index contributed by atoms with van der Waals surface area (Å²) in [5, 5.41) is 0. The molecule has 2 amide bonds. The second kappa shape index (κ2) is 9.43. The second-order valence-electron chi connectivity index (χ2n) is 8.97. The fourth-order valence-corrected chi connectivity index (χ4v) is 4.13. The van der Waals surface area contributed by atoms with E-state index in [0.29, 0.717) is 45.1 Å². The zero-order valence-electron chi connectivity index (χ0n) is 17.6. The van der Waals surface area contributed by atoms with Crippen LogP contribution in [-0.2, 0) is 19.4 Å². The lowest BCUT2D eigenvalue weighted by Crippen LogP contribution is -2.50. The van der Waals surface area contributed by atoms with Gasteiger partial charge >= 0.3 is 6.09 Å². The summed E-state index contributed by atoms with van der Waals surface area (Å²) >= 11 is 0. The molecule has 2 rings (SSSR count). The molecular weight excluding hydrogens is 382 g/mol. The Labute approximate surface area is 169 Å². The first-order valence-corrected chi connectivity index (χ1v) is 12.1. The van der Waals surface area contributed by atoms with Crippen LogP contribution in [0.1, 0.15) is 40.0 Å². The second-order valence-corrected chi connectivity index (χ2v) is 11.2. The molecule has 0 bridgehead atoms. The highest BCUT2D eigenvalue weighted by molar-refractivity contribution is 7.90. The Morgan fingerprint density at radius 3 is 2.04 bits per heavy atom. The van der Waals surface area contributed by atoms with Crippen molar-refractivity contribution in [2.24, 2.45) is 5.92 Å². The van der Waals surface area contributed by atoms with Crippen molar-refractivity contribution in [3.63, 3.8) is 0 Å². The van der Waals surface area contributed by atoms with Crippen molar-refractivity contribution in [1.82, 2.24) is 14.7 Å². The molecule has 0 N–H and O–H groups in total. The molecule has 0 aromatic heterocycles. The van der Waals surface area contributed by atoms with Crippen LogP contribution in [0.4, 0.5) is 4.79 Å². The van der Waals surface area contributed by atoms with Crippen molar-refractivity contribution >= 4 is 21.8 Å². The zero-order chi connectivity index (χ0) is 20.9. The third kappa shape index (κ3) is 7.95. The largest absolute Gasteiger partial charge is 0.444 e. The van der Waals surface area contributed by atoms with Gasteiger partial charge in [0.1, 0.15) is 15.4 Å². The maximum absolute atomic E-state index is 12.6. The molecule has 2 aliphatic heterocycles. The van der Waals surface area contributed by atoms with Gasteiger partial charge in [0.25, 0.3) is 0 Å². The number of piperazine rings is 1. The van der Waals surface area contributed by atoms with Gasteiger partial charge in [-0.05, 0) is 39.5 Å². The summed E-state index contributed by atoms with van der Waals surface area (Å²) in [6, 6.07) is 0. The predicted octanol–water partition coefficient (Wildman–Crippen LogP) is 1.21. The lowest BCUT2D eigenvalue weighted by molar-refractivity contribution is -0.134. The van der Waals surface area contributed by atoms with E-state index in [1.54, 1.807) is 4.90 Å². The van der Waals surface area contributed by atoms with Crippen molar-refractivity contribution in [1.29, 1.82) is 0 Å². The Morgan fingerprint density at radius 2 is 1.54 bits per heavy atom. The summed E-state index contributed by atoms with van der Waals surface area (Å²) in [7, 11) is -2.95. The predicted molar refractivity (Wildman–Crippen MR) is 108 cm³/mol. The highest BCUT2D eigenvalue weighted by Crippen LogP contribution is 2.23. The Balaban J connectivity index is 1.69. The van der Waals surface area contributed by atoms with Gasteiger partial charge in [0.15, 0.2) is 0 Å². The van der Waals surface area contributed by atoms with Crippen LogP contribution in [0.3, 0.4) is 0 Å². The van der Waals surface area contributed by atoms with E-state index < -0.39 is 15.4 Å². The first kappa shape index (κ1) is 22.9. The number of likely N-dealkylation sites (tertiary alicyclic amines) is 1. The Morgan fingerprint density at radius 1 is 0.964 bits per heavy atom. The SMILES string of the molecule is CC(C)(C)OC(=O)N1CCC(CC(=O)N2CCN(CCS(C)(=O)=O)CC2)CC1. The number of hydrogen-bond acceptors (Lipinski definition) is 6. The van der Waals surface area contributed by atoms with Crippen LogP contribution in [0.5, 0.6) is 0 Å². The van der Waals surface area contributed by atoms with E-state index in [9.17, 15) is 18.0 Å². The maximum atomic E-state index is 12.6. The summed E-state index contributed by atoms with van der Waals surface area (Å²) in [5.41, 5.74) is -0.493. The first-order chi connectivity index (χ1) is 12.9. The van der Waals surface area contributed by atoms with Gasteiger partial charge in [0.05, 0.1) is 5.75 Å². The van der Waals surface area contributed by atoms with Crippen LogP contribution in [0, 0.1) is 5.92 Å². The van der Waals surface area contributed by atoms with Gasteiger partial charge in [0.2, 0.25) is 5.91 Å². The average Bonchev–Trinajstić information content (AvgIpc) is 2.59. The Bertz CT molecular complexity index is 643. The van der Waals surface area contributed by atoms with Crippen molar-refractivity contribution < 1.29 is 22.7 Å². The van der Waals surface area contributed by atoms with Gasteiger partial charge in [-0.15, -0.1) is 0 Å². The summed E-state index contributed by atoms with van der Waals surface area (Å²) in [4.78, 5) is 30.4. The molecule has 9 heteroatoms. The van der Waals surface area contributed by atoms with Gasteiger partial charge < -0.3 is 14.5 Å². The molecule has 0 aliphatic carbocycles. The monoisotopic (exact) mass is 417 g/mol. The molecule has 28 heavy (non-hydrogen) atoms. The normalized spacial score (nSPS) is 20.3. The van der Waals surface area contributed by atoms with E-state index in [4.69, 9.17) is 4.74 Å². The molecule has 0 saturated carbocycles. The molecule has 0 unspecified atom stereocenters. The summed E-state index contributed by atoms with van der Waals surface area (Å²) < 4.78 is 28.0. The molecule has 0 atom stereocenters. The number of carbonyl (C=O) groups is 2. The van der Waals surface area contributed by atoms with Crippen LogP contribution < -0.4 is 0 Å². The molecule has 8 nitrogen and oxygen atoms in total. The molecule has 2 saturated heterocycles. The van der Waals surface area contributed by atoms with Crippen LogP contribution in [0.15, 0.2) is 0 Å². The third-order valence-electron chi connectivity index (χ3n) is 5.23. The number of rotatable bonds is 5. The van der Waals surface area contributed by atoms with Crippen molar-refractivity contribution in [2.75, 3.05) is 57.8 Å². The van der Waals surface area contributed by atoms with Crippen LogP contribution in [-0.4, -0.2) is 98.5 Å². The van der Waals surface area contributed by atoms with E-state index >= 15 is 0 Å². The van der Waals surface area contributed by atoms with Crippen LogP contribution in [0.2, 0.25) is 0 Å². The number of carbonyl (C=O) groups excluding carboxylic acids is 2. The summed E-state index contributed by atoms with van der Waals surface area (Å²) in [6.45, 7) is 10.1. The number of ether oxygens (including phenoxy) is 1. The van der Waals surface area contributed by atoms with Gasteiger partial charge in [-0.1, -0.05) is 0 Å². The minimum atomic E-state index is -2.95. The number of hydrogen-bond donors (Lipinski definition) is 0. The molecule has 0 radical (unpaired) electrons. The van der Waals surface area contributed by atoms with E-state index in [0.717, 1.165) is 25.9 Å². The molecular formula is C19H35N3O5S. The van der Waals surface area contributed by atoms with E-state index in [-0.39, 0.29) is 17.8 Å². The zero-order valence-corrected chi connectivity index (χ0v) is 18.5. The smallest absolute Gasteiger partial charge is 0.410 e. The Kier molecular flexibility index (Phi) is 7.73. The summed E-state index contributed by atoms with van der Waals surface area (Å²) in [6.07, 6.45) is 3.13. The molecule has 0 aromatic rings. The number of piperidine rings is 1. The average molecular weight is 418 g/mol. The lowest BCUT2D eigenvalue weighted by atomic mass is 9.93. The van der Waals surface area contributed by atoms with E-state index in [1.807, 2.05) is 25.7 Å².